The van der Waals surface area contributed by atoms with E-state index in [0.717, 1.165) is 6.42 Å². The SMILES string of the molecule is CCOC(=O)[C@H](CC(C)C)NNC. The zero-order valence-corrected chi connectivity index (χ0v) is 8.89. The number of rotatable bonds is 6. The Labute approximate surface area is 80.0 Å². The fraction of sp³-hybridized carbons (Fsp3) is 0.889. The molecule has 1 atom stereocenters. The number of hydrogen-bond acceptors (Lipinski definition) is 4. The van der Waals surface area contributed by atoms with E-state index in [1.807, 2.05) is 6.92 Å². The lowest BCUT2D eigenvalue weighted by molar-refractivity contribution is -0.146. The van der Waals surface area contributed by atoms with Gasteiger partial charge in [0.05, 0.1) is 6.61 Å². The molecule has 0 rings (SSSR count). The van der Waals surface area contributed by atoms with Crippen molar-refractivity contribution >= 4 is 5.97 Å². The predicted molar refractivity (Wildman–Crippen MR) is 52.1 cm³/mol. The highest BCUT2D eigenvalue weighted by molar-refractivity contribution is 5.75. The topological polar surface area (TPSA) is 50.4 Å². The summed E-state index contributed by atoms with van der Waals surface area (Å²) in [7, 11) is 1.74. The molecular formula is C9H20N2O2. The van der Waals surface area contributed by atoms with E-state index in [1.54, 1.807) is 7.05 Å². The Kier molecular flexibility index (Phi) is 6.54. The standard InChI is InChI=1S/C9H20N2O2/c1-5-13-9(12)8(11-10-4)6-7(2)3/h7-8,10-11H,5-6H2,1-4H3/t8-/m0/s1. The monoisotopic (exact) mass is 188 g/mol. The molecule has 0 heterocycles. The van der Waals surface area contributed by atoms with Crippen LogP contribution in [0.15, 0.2) is 0 Å². The number of hydrazine groups is 1. The van der Waals surface area contributed by atoms with Gasteiger partial charge in [-0.05, 0) is 26.3 Å². The summed E-state index contributed by atoms with van der Waals surface area (Å²) < 4.78 is 4.92. The van der Waals surface area contributed by atoms with Crippen LogP contribution in [-0.4, -0.2) is 25.7 Å². The van der Waals surface area contributed by atoms with E-state index >= 15 is 0 Å². The number of hydrogen-bond donors (Lipinski definition) is 2. The summed E-state index contributed by atoms with van der Waals surface area (Å²) in [5, 5.41) is 0. The highest BCUT2D eigenvalue weighted by Crippen LogP contribution is 2.05. The van der Waals surface area contributed by atoms with Crippen LogP contribution in [0.2, 0.25) is 0 Å². The van der Waals surface area contributed by atoms with E-state index in [9.17, 15) is 4.79 Å². The molecule has 0 amide bonds. The summed E-state index contributed by atoms with van der Waals surface area (Å²) in [6, 6.07) is -0.245. The second-order valence-corrected chi connectivity index (χ2v) is 3.33. The van der Waals surface area contributed by atoms with Gasteiger partial charge in [0.2, 0.25) is 0 Å². The first kappa shape index (κ1) is 12.4. The smallest absolute Gasteiger partial charge is 0.324 e. The van der Waals surface area contributed by atoms with Crippen molar-refractivity contribution < 1.29 is 9.53 Å². The van der Waals surface area contributed by atoms with Gasteiger partial charge in [-0.25, -0.2) is 5.43 Å². The number of esters is 1. The molecule has 0 saturated heterocycles. The molecule has 2 N–H and O–H groups in total. The Balaban J connectivity index is 3.98. The number of nitrogens with one attached hydrogen (secondary N) is 2. The summed E-state index contributed by atoms with van der Waals surface area (Å²) in [6.45, 7) is 6.38. The van der Waals surface area contributed by atoms with Gasteiger partial charge in [0.25, 0.3) is 0 Å². The zero-order chi connectivity index (χ0) is 10.3. The van der Waals surface area contributed by atoms with Gasteiger partial charge in [-0.1, -0.05) is 13.8 Å². The molecule has 0 unspecified atom stereocenters. The number of ether oxygens (including phenoxy) is 1. The zero-order valence-electron chi connectivity index (χ0n) is 8.89. The van der Waals surface area contributed by atoms with Gasteiger partial charge in [-0.3, -0.25) is 10.2 Å². The third-order valence-corrected chi connectivity index (χ3v) is 1.60. The molecule has 13 heavy (non-hydrogen) atoms. The van der Waals surface area contributed by atoms with Gasteiger partial charge >= 0.3 is 5.97 Å². The lowest BCUT2D eigenvalue weighted by atomic mass is 10.0. The highest BCUT2D eigenvalue weighted by Gasteiger charge is 2.19. The van der Waals surface area contributed by atoms with Gasteiger partial charge in [-0.2, -0.15) is 0 Å². The molecule has 0 aromatic carbocycles. The predicted octanol–water partition coefficient (Wildman–Crippen LogP) is 0.688. The quantitative estimate of drug-likeness (QED) is 0.475. The molecular weight excluding hydrogens is 168 g/mol. The second kappa shape index (κ2) is 6.86. The lowest BCUT2D eigenvalue weighted by Gasteiger charge is -2.17. The normalized spacial score (nSPS) is 13.0. The Morgan fingerprint density at radius 2 is 2.08 bits per heavy atom. The van der Waals surface area contributed by atoms with Gasteiger partial charge in [-0.15, -0.1) is 0 Å². The van der Waals surface area contributed by atoms with Crippen molar-refractivity contribution in [2.45, 2.75) is 33.2 Å². The van der Waals surface area contributed by atoms with Crippen LogP contribution in [0.3, 0.4) is 0 Å². The average Bonchev–Trinajstić information content (AvgIpc) is 2.03. The van der Waals surface area contributed by atoms with E-state index in [4.69, 9.17) is 4.74 Å². The summed E-state index contributed by atoms with van der Waals surface area (Å²) >= 11 is 0. The van der Waals surface area contributed by atoms with Crippen molar-refractivity contribution in [3.05, 3.63) is 0 Å². The molecule has 0 aromatic heterocycles. The molecule has 0 saturated carbocycles. The van der Waals surface area contributed by atoms with Crippen LogP contribution in [-0.2, 0) is 9.53 Å². The lowest BCUT2D eigenvalue weighted by Crippen LogP contribution is -2.45. The molecule has 0 spiro atoms. The number of carbonyl (C=O) groups excluding carboxylic acids is 1. The second-order valence-electron chi connectivity index (χ2n) is 3.33. The van der Waals surface area contributed by atoms with Gasteiger partial charge < -0.3 is 4.74 Å². The van der Waals surface area contributed by atoms with Crippen molar-refractivity contribution in [3.63, 3.8) is 0 Å². The van der Waals surface area contributed by atoms with E-state index in [-0.39, 0.29) is 12.0 Å². The minimum Gasteiger partial charge on any atom is -0.465 e. The Bertz CT molecular complexity index is 149. The van der Waals surface area contributed by atoms with Gasteiger partial charge in [0.15, 0.2) is 0 Å². The molecule has 0 fully saturated rings. The van der Waals surface area contributed by atoms with Gasteiger partial charge in [0, 0.05) is 0 Å². The van der Waals surface area contributed by atoms with E-state index < -0.39 is 0 Å². The van der Waals surface area contributed by atoms with Crippen LogP contribution in [0.5, 0.6) is 0 Å². The van der Waals surface area contributed by atoms with Crippen molar-refractivity contribution in [1.29, 1.82) is 0 Å². The van der Waals surface area contributed by atoms with Crippen LogP contribution < -0.4 is 10.9 Å². The third-order valence-electron chi connectivity index (χ3n) is 1.60. The third kappa shape index (κ3) is 5.60. The summed E-state index contributed by atoms with van der Waals surface area (Å²) in [4.78, 5) is 11.3. The first-order chi connectivity index (χ1) is 6.11. The molecule has 0 aliphatic carbocycles. The van der Waals surface area contributed by atoms with Crippen LogP contribution in [0, 0.1) is 5.92 Å². The first-order valence-electron chi connectivity index (χ1n) is 4.70. The van der Waals surface area contributed by atoms with E-state index in [0.29, 0.717) is 12.5 Å². The molecule has 0 aliphatic rings. The van der Waals surface area contributed by atoms with E-state index in [1.165, 1.54) is 0 Å². The van der Waals surface area contributed by atoms with E-state index in [2.05, 4.69) is 24.7 Å². The molecule has 4 heteroatoms. The Hall–Kier alpha value is -0.610. The first-order valence-corrected chi connectivity index (χ1v) is 4.70. The average molecular weight is 188 g/mol. The summed E-state index contributed by atoms with van der Waals surface area (Å²) in [5.41, 5.74) is 5.64. The van der Waals surface area contributed by atoms with Crippen LogP contribution in [0.4, 0.5) is 0 Å². The fourth-order valence-corrected chi connectivity index (χ4v) is 1.10. The highest BCUT2D eigenvalue weighted by atomic mass is 16.5. The Morgan fingerprint density at radius 1 is 1.46 bits per heavy atom. The van der Waals surface area contributed by atoms with Crippen molar-refractivity contribution in [1.82, 2.24) is 10.9 Å². The van der Waals surface area contributed by atoms with Gasteiger partial charge in [0.1, 0.15) is 6.04 Å². The minimum atomic E-state index is -0.245. The summed E-state index contributed by atoms with van der Waals surface area (Å²) in [5.74, 6) is 0.279. The van der Waals surface area contributed by atoms with Crippen LogP contribution in [0.1, 0.15) is 27.2 Å². The molecule has 0 bridgehead atoms. The van der Waals surface area contributed by atoms with Crippen LogP contribution in [0.25, 0.3) is 0 Å². The maximum atomic E-state index is 11.3. The molecule has 0 aromatic rings. The van der Waals surface area contributed by atoms with Crippen molar-refractivity contribution in [2.75, 3.05) is 13.7 Å². The summed E-state index contributed by atoms with van der Waals surface area (Å²) in [6.07, 6.45) is 0.777. The molecule has 0 aliphatic heterocycles. The molecule has 78 valence electrons. The largest absolute Gasteiger partial charge is 0.465 e. The maximum Gasteiger partial charge on any atom is 0.324 e. The number of carbonyl (C=O) groups is 1. The molecule has 4 nitrogen and oxygen atoms in total. The fourth-order valence-electron chi connectivity index (χ4n) is 1.10. The Morgan fingerprint density at radius 3 is 2.46 bits per heavy atom. The maximum absolute atomic E-state index is 11.3. The minimum absolute atomic E-state index is 0.189. The van der Waals surface area contributed by atoms with Crippen LogP contribution >= 0.6 is 0 Å². The van der Waals surface area contributed by atoms with Crippen molar-refractivity contribution in [3.8, 4) is 0 Å². The van der Waals surface area contributed by atoms with Crippen molar-refractivity contribution in [2.24, 2.45) is 5.92 Å². The molecule has 0 radical (unpaired) electrons.